The molecule has 1 amide bonds. The van der Waals surface area contributed by atoms with E-state index in [-0.39, 0.29) is 11.5 Å². The number of likely N-dealkylation sites (N-methyl/N-ethyl adjacent to an activating group) is 1. The van der Waals surface area contributed by atoms with Gasteiger partial charge in [0.25, 0.3) is 0 Å². The minimum atomic E-state index is -5.08. The molecule has 224 valence electrons. The first-order valence-corrected chi connectivity index (χ1v) is 13.2. The van der Waals surface area contributed by atoms with E-state index < -0.39 is 18.1 Å². The number of carboxylic acid groups (broad SMARTS) is 2. The molecule has 1 aliphatic heterocycles. The van der Waals surface area contributed by atoms with Gasteiger partial charge in [-0.05, 0) is 44.0 Å². The summed E-state index contributed by atoms with van der Waals surface area (Å²) >= 11 is 0. The second kappa shape index (κ2) is 16.2. The second-order valence-electron chi connectivity index (χ2n) is 9.08. The van der Waals surface area contributed by atoms with E-state index in [9.17, 15) is 27.9 Å². The van der Waals surface area contributed by atoms with E-state index in [4.69, 9.17) is 14.9 Å². The summed E-state index contributed by atoms with van der Waals surface area (Å²) in [5.41, 5.74) is 2.14. The number of rotatable bonds is 9. The molecule has 1 saturated heterocycles. The van der Waals surface area contributed by atoms with Gasteiger partial charge < -0.3 is 25.3 Å². The molecule has 0 atom stereocenters. The van der Waals surface area contributed by atoms with Crippen LogP contribution in [0.25, 0.3) is 0 Å². The Morgan fingerprint density at radius 3 is 2.10 bits per heavy atom. The van der Waals surface area contributed by atoms with Gasteiger partial charge in [-0.2, -0.15) is 13.2 Å². The van der Waals surface area contributed by atoms with Gasteiger partial charge in [-0.25, -0.2) is 9.59 Å². The number of hydrogen-bond donors (Lipinski definition) is 3. The Labute approximate surface area is 237 Å². The number of nitrogens with one attached hydrogen (secondary N) is 1. The average molecular weight is 580 g/mol. The fraction of sp³-hybridized carbons (Fsp3) is 0.429. The molecule has 0 saturated carbocycles. The monoisotopic (exact) mass is 579 g/mol. The molecule has 0 bridgehead atoms. The van der Waals surface area contributed by atoms with Crippen LogP contribution in [0.3, 0.4) is 0 Å². The topological polar surface area (TPSA) is 126 Å². The Balaban J connectivity index is 0.000000745. The van der Waals surface area contributed by atoms with Gasteiger partial charge in [0.1, 0.15) is 0 Å². The number of anilines is 1. The van der Waals surface area contributed by atoms with Crippen molar-refractivity contribution in [3.63, 3.8) is 0 Å². The van der Waals surface area contributed by atoms with Crippen molar-refractivity contribution in [2.75, 3.05) is 57.7 Å². The van der Waals surface area contributed by atoms with Crippen LogP contribution in [-0.2, 0) is 16.0 Å². The lowest BCUT2D eigenvalue weighted by atomic mass is 10.1. The zero-order valence-corrected chi connectivity index (χ0v) is 23.1. The summed E-state index contributed by atoms with van der Waals surface area (Å²) in [4.78, 5) is 43.8. The lowest BCUT2D eigenvalue weighted by Gasteiger charge is -2.37. The maximum absolute atomic E-state index is 12.5. The molecule has 0 aromatic heterocycles. The highest BCUT2D eigenvalue weighted by atomic mass is 19.4. The maximum Gasteiger partial charge on any atom is 0.490 e. The molecule has 2 aromatic rings. The number of alkyl halides is 3. The number of guanidine groups is 1. The Hall–Kier alpha value is -4.13. The number of halogens is 3. The molecule has 1 fully saturated rings. The number of benzene rings is 2. The molecule has 10 nitrogen and oxygen atoms in total. The second-order valence-corrected chi connectivity index (χ2v) is 9.08. The van der Waals surface area contributed by atoms with Crippen molar-refractivity contribution in [2.24, 2.45) is 4.99 Å². The minimum Gasteiger partial charge on any atom is -0.478 e. The van der Waals surface area contributed by atoms with E-state index >= 15 is 0 Å². The first-order valence-electron chi connectivity index (χ1n) is 13.2. The van der Waals surface area contributed by atoms with Crippen molar-refractivity contribution < 1.29 is 37.8 Å². The molecule has 0 unspecified atom stereocenters. The van der Waals surface area contributed by atoms with E-state index in [0.717, 1.165) is 51.6 Å². The van der Waals surface area contributed by atoms with Crippen LogP contribution in [0.15, 0.2) is 59.6 Å². The standard InChI is InChI=1S/C26H35N5O3.C2HF3O2/c1-3-30(4-2)24(32)20-29-15-17-31(18-16-29)26(27-14-13-21-9-6-5-7-10-21)28-23-12-8-11-22(19-23)25(33)34;3-2(4,5)1(6)7/h5-12,19H,3-4,13-18,20H2,1-2H3,(H,27,28)(H,33,34);(H,6,7). The Kier molecular flexibility index (Phi) is 13.1. The molecular weight excluding hydrogens is 543 g/mol. The van der Waals surface area contributed by atoms with Crippen LogP contribution in [-0.4, -0.2) is 107 Å². The molecule has 0 aliphatic carbocycles. The zero-order valence-electron chi connectivity index (χ0n) is 23.1. The van der Waals surface area contributed by atoms with Gasteiger partial charge in [0.2, 0.25) is 5.91 Å². The van der Waals surface area contributed by atoms with Crippen LogP contribution < -0.4 is 5.32 Å². The third kappa shape index (κ3) is 11.5. The van der Waals surface area contributed by atoms with Crippen LogP contribution in [0.4, 0.5) is 18.9 Å². The van der Waals surface area contributed by atoms with E-state index in [1.165, 1.54) is 5.56 Å². The first-order chi connectivity index (χ1) is 19.4. The van der Waals surface area contributed by atoms with Gasteiger partial charge in [0, 0.05) is 51.5 Å². The number of hydrogen-bond acceptors (Lipinski definition) is 5. The Bertz CT molecular complexity index is 1170. The van der Waals surface area contributed by atoms with Crippen molar-refractivity contribution in [1.82, 2.24) is 14.7 Å². The quantitative estimate of drug-likeness (QED) is 0.305. The highest BCUT2D eigenvalue weighted by molar-refractivity contribution is 5.96. The van der Waals surface area contributed by atoms with Gasteiger partial charge in [-0.3, -0.25) is 14.7 Å². The summed E-state index contributed by atoms with van der Waals surface area (Å²) in [5.74, 6) is -2.82. The number of piperazine rings is 1. The molecule has 3 rings (SSSR count). The van der Waals surface area contributed by atoms with E-state index in [0.29, 0.717) is 18.8 Å². The van der Waals surface area contributed by atoms with Crippen molar-refractivity contribution in [3.05, 3.63) is 65.7 Å². The van der Waals surface area contributed by atoms with Gasteiger partial charge in [0.15, 0.2) is 5.96 Å². The highest BCUT2D eigenvalue weighted by Crippen LogP contribution is 2.14. The SMILES string of the molecule is CCN(CC)C(=O)CN1CCN(C(=NCCc2ccccc2)Nc2cccc(C(=O)O)c2)CC1.O=C(O)C(F)(F)F. The number of aliphatic imine (C=N–C) groups is 1. The van der Waals surface area contributed by atoms with Gasteiger partial charge >= 0.3 is 18.1 Å². The fourth-order valence-corrected chi connectivity index (χ4v) is 4.00. The molecule has 0 spiro atoms. The predicted molar refractivity (Wildman–Crippen MR) is 149 cm³/mol. The van der Waals surface area contributed by atoms with Crippen molar-refractivity contribution >= 4 is 29.5 Å². The number of aromatic carboxylic acids is 1. The van der Waals surface area contributed by atoms with Crippen LogP contribution >= 0.6 is 0 Å². The van der Waals surface area contributed by atoms with Crippen molar-refractivity contribution in [2.45, 2.75) is 26.4 Å². The summed E-state index contributed by atoms with van der Waals surface area (Å²) in [7, 11) is 0. The normalized spacial score (nSPS) is 14.1. The lowest BCUT2D eigenvalue weighted by molar-refractivity contribution is -0.192. The van der Waals surface area contributed by atoms with Crippen molar-refractivity contribution in [3.8, 4) is 0 Å². The summed E-state index contributed by atoms with van der Waals surface area (Å²) in [5, 5.41) is 19.8. The molecule has 13 heteroatoms. The predicted octanol–water partition coefficient (Wildman–Crippen LogP) is 3.51. The summed E-state index contributed by atoms with van der Waals surface area (Å²) in [6, 6.07) is 17.0. The Morgan fingerprint density at radius 2 is 1.56 bits per heavy atom. The third-order valence-electron chi connectivity index (χ3n) is 6.26. The minimum absolute atomic E-state index is 0.166. The van der Waals surface area contributed by atoms with E-state index in [1.54, 1.807) is 18.2 Å². The van der Waals surface area contributed by atoms with Crippen LogP contribution in [0.2, 0.25) is 0 Å². The molecule has 3 N–H and O–H groups in total. The molecule has 1 aliphatic rings. The third-order valence-corrected chi connectivity index (χ3v) is 6.26. The van der Waals surface area contributed by atoms with E-state index in [1.807, 2.05) is 43.0 Å². The number of carboxylic acids is 2. The maximum atomic E-state index is 12.5. The average Bonchev–Trinajstić information content (AvgIpc) is 2.94. The number of carbonyl (C=O) groups excluding carboxylic acids is 1. The molecular formula is C28H36F3N5O5. The smallest absolute Gasteiger partial charge is 0.478 e. The van der Waals surface area contributed by atoms with Gasteiger partial charge in [0.05, 0.1) is 12.1 Å². The molecule has 41 heavy (non-hydrogen) atoms. The Morgan fingerprint density at radius 1 is 0.951 bits per heavy atom. The number of aliphatic carboxylic acids is 1. The number of nitrogens with zero attached hydrogens (tertiary/aromatic N) is 4. The summed E-state index contributed by atoms with van der Waals surface area (Å²) in [6.45, 7) is 9.52. The highest BCUT2D eigenvalue weighted by Gasteiger charge is 2.38. The lowest BCUT2D eigenvalue weighted by Crippen LogP contribution is -2.53. The fourth-order valence-electron chi connectivity index (χ4n) is 4.00. The molecule has 1 heterocycles. The molecule has 2 aromatic carbocycles. The van der Waals surface area contributed by atoms with Crippen LogP contribution in [0, 0.1) is 0 Å². The number of amides is 1. The largest absolute Gasteiger partial charge is 0.490 e. The van der Waals surface area contributed by atoms with Gasteiger partial charge in [-0.1, -0.05) is 36.4 Å². The summed E-state index contributed by atoms with van der Waals surface area (Å²) in [6.07, 6.45) is -4.26. The number of carbonyl (C=O) groups is 3. The first kappa shape index (κ1) is 33.1. The zero-order chi connectivity index (χ0) is 30.4. The molecule has 0 radical (unpaired) electrons. The van der Waals surface area contributed by atoms with Crippen LogP contribution in [0.1, 0.15) is 29.8 Å². The van der Waals surface area contributed by atoms with E-state index in [2.05, 4.69) is 27.2 Å². The van der Waals surface area contributed by atoms with Crippen LogP contribution in [0.5, 0.6) is 0 Å². The van der Waals surface area contributed by atoms with Gasteiger partial charge in [-0.15, -0.1) is 0 Å². The summed E-state index contributed by atoms with van der Waals surface area (Å²) < 4.78 is 31.7. The van der Waals surface area contributed by atoms with Crippen molar-refractivity contribution in [1.29, 1.82) is 0 Å².